The number of hydrogen-bond donors (Lipinski definition) is 1. The molecular weight excluding hydrogens is 470 g/mol. The Balaban J connectivity index is 1.57. The topological polar surface area (TPSA) is 82.2 Å². The van der Waals surface area contributed by atoms with E-state index in [0.717, 1.165) is 0 Å². The zero-order valence-corrected chi connectivity index (χ0v) is 20.2. The molecular formula is C26H28F2N4O4. The maximum atomic E-state index is 14.7. The number of piperazine rings is 1. The Kier molecular flexibility index (Phi) is 7.64. The minimum Gasteiger partial charge on any atom is -0.463 e. The number of hydrogen-bond acceptors (Lipinski definition) is 5. The van der Waals surface area contributed by atoms with Crippen LogP contribution < -0.4 is 5.32 Å². The standard InChI is InChI=1S/C26H28F2N4O4/c1-3-36-25(34)22-21(30(2)26(35)29-23(22)19-9-4-5-10-20(19)28)16-31-11-13-32(14-12-31)24(33)17-7-6-8-18(27)15-17/h4-10,15,23H,3,11-14,16H2,1-2H3,(H,29,35)/t23-/m0/s1. The van der Waals surface area contributed by atoms with Gasteiger partial charge in [-0.1, -0.05) is 24.3 Å². The van der Waals surface area contributed by atoms with Crippen molar-refractivity contribution in [3.8, 4) is 0 Å². The molecule has 1 atom stereocenters. The number of nitrogens with zero attached hydrogens (tertiary/aromatic N) is 3. The average molecular weight is 499 g/mol. The number of likely N-dealkylation sites (N-methyl/N-ethyl adjacent to an activating group) is 1. The van der Waals surface area contributed by atoms with E-state index in [4.69, 9.17) is 4.74 Å². The maximum Gasteiger partial charge on any atom is 0.338 e. The third-order valence-corrected chi connectivity index (χ3v) is 6.39. The first kappa shape index (κ1) is 25.3. The zero-order valence-electron chi connectivity index (χ0n) is 20.2. The first-order valence-corrected chi connectivity index (χ1v) is 11.8. The molecule has 2 heterocycles. The second-order valence-corrected chi connectivity index (χ2v) is 8.62. The average Bonchev–Trinajstić information content (AvgIpc) is 2.87. The predicted molar refractivity (Wildman–Crippen MR) is 128 cm³/mol. The number of amides is 3. The number of carbonyl (C=O) groups is 3. The van der Waals surface area contributed by atoms with Gasteiger partial charge in [-0.25, -0.2) is 18.4 Å². The van der Waals surface area contributed by atoms with Crippen LogP contribution in [-0.4, -0.2) is 79.0 Å². The van der Waals surface area contributed by atoms with Gasteiger partial charge in [0.15, 0.2) is 0 Å². The van der Waals surface area contributed by atoms with Crippen LogP contribution in [0, 0.1) is 11.6 Å². The number of nitrogens with one attached hydrogen (secondary N) is 1. The normalized spacial score (nSPS) is 18.8. The number of benzene rings is 2. The van der Waals surface area contributed by atoms with Crippen molar-refractivity contribution in [3.05, 3.63) is 82.6 Å². The Morgan fingerprint density at radius 3 is 2.44 bits per heavy atom. The van der Waals surface area contributed by atoms with Crippen molar-refractivity contribution in [1.29, 1.82) is 0 Å². The van der Waals surface area contributed by atoms with E-state index in [1.807, 2.05) is 4.90 Å². The van der Waals surface area contributed by atoms with Crippen LogP contribution in [0.4, 0.5) is 13.6 Å². The fraction of sp³-hybridized carbons (Fsp3) is 0.346. The van der Waals surface area contributed by atoms with Gasteiger partial charge in [0.1, 0.15) is 11.6 Å². The molecule has 0 spiro atoms. The van der Waals surface area contributed by atoms with Crippen LogP contribution in [0.5, 0.6) is 0 Å². The van der Waals surface area contributed by atoms with E-state index in [2.05, 4.69) is 5.32 Å². The van der Waals surface area contributed by atoms with Gasteiger partial charge in [-0.3, -0.25) is 14.6 Å². The van der Waals surface area contributed by atoms with Crippen LogP contribution in [0.25, 0.3) is 0 Å². The minimum absolute atomic E-state index is 0.123. The van der Waals surface area contributed by atoms with Crippen molar-refractivity contribution < 1.29 is 27.9 Å². The molecule has 2 aromatic rings. The highest BCUT2D eigenvalue weighted by Gasteiger charge is 2.38. The lowest BCUT2D eigenvalue weighted by molar-refractivity contribution is -0.139. The summed E-state index contributed by atoms with van der Waals surface area (Å²) < 4.78 is 33.5. The summed E-state index contributed by atoms with van der Waals surface area (Å²) in [5, 5.41) is 2.71. The quantitative estimate of drug-likeness (QED) is 0.620. The fourth-order valence-electron chi connectivity index (χ4n) is 4.47. The molecule has 0 unspecified atom stereocenters. The van der Waals surface area contributed by atoms with Crippen LogP contribution in [0.2, 0.25) is 0 Å². The van der Waals surface area contributed by atoms with Crippen molar-refractivity contribution in [1.82, 2.24) is 20.0 Å². The van der Waals surface area contributed by atoms with E-state index in [-0.39, 0.29) is 35.8 Å². The number of urea groups is 1. The van der Waals surface area contributed by atoms with Gasteiger partial charge < -0.3 is 15.0 Å². The fourth-order valence-corrected chi connectivity index (χ4v) is 4.47. The van der Waals surface area contributed by atoms with Gasteiger partial charge in [-0.2, -0.15) is 0 Å². The van der Waals surface area contributed by atoms with Crippen molar-refractivity contribution in [2.75, 3.05) is 46.4 Å². The first-order chi connectivity index (χ1) is 17.3. The molecule has 2 aliphatic rings. The van der Waals surface area contributed by atoms with Gasteiger partial charge in [0.05, 0.1) is 18.2 Å². The molecule has 36 heavy (non-hydrogen) atoms. The third-order valence-electron chi connectivity index (χ3n) is 6.39. The Labute approximate surface area is 208 Å². The van der Waals surface area contributed by atoms with Crippen LogP contribution in [0.1, 0.15) is 28.9 Å². The highest BCUT2D eigenvalue weighted by molar-refractivity contribution is 5.95. The number of ether oxygens (including phenoxy) is 1. The van der Waals surface area contributed by atoms with Crippen LogP contribution >= 0.6 is 0 Å². The van der Waals surface area contributed by atoms with Gasteiger partial charge in [0.2, 0.25) is 0 Å². The highest BCUT2D eigenvalue weighted by atomic mass is 19.1. The molecule has 1 saturated heterocycles. The largest absolute Gasteiger partial charge is 0.463 e. The van der Waals surface area contributed by atoms with Crippen molar-refractivity contribution in [3.63, 3.8) is 0 Å². The summed E-state index contributed by atoms with van der Waals surface area (Å²) in [6.45, 7) is 3.76. The van der Waals surface area contributed by atoms with E-state index in [9.17, 15) is 23.2 Å². The van der Waals surface area contributed by atoms with Crippen molar-refractivity contribution >= 4 is 17.9 Å². The molecule has 8 nitrogen and oxygen atoms in total. The molecule has 10 heteroatoms. The Morgan fingerprint density at radius 2 is 1.78 bits per heavy atom. The summed E-state index contributed by atoms with van der Waals surface area (Å²) in [4.78, 5) is 43.6. The lowest BCUT2D eigenvalue weighted by atomic mass is 9.94. The highest BCUT2D eigenvalue weighted by Crippen LogP contribution is 2.32. The van der Waals surface area contributed by atoms with E-state index in [1.54, 1.807) is 31.0 Å². The zero-order chi connectivity index (χ0) is 25.8. The molecule has 0 aliphatic carbocycles. The lowest BCUT2D eigenvalue weighted by Gasteiger charge is -2.39. The second-order valence-electron chi connectivity index (χ2n) is 8.62. The van der Waals surface area contributed by atoms with E-state index < -0.39 is 29.7 Å². The van der Waals surface area contributed by atoms with Gasteiger partial charge in [0.25, 0.3) is 5.91 Å². The van der Waals surface area contributed by atoms with Gasteiger partial charge in [-0.15, -0.1) is 0 Å². The number of esters is 1. The second kappa shape index (κ2) is 10.9. The number of halogens is 2. The number of carbonyl (C=O) groups excluding carboxylic acids is 3. The van der Waals surface area contributed by atoms with Gasteiger partial charge in [-0.05, 0) is 31.2 Å². The van der Waals surface area contributed by atoms with Gasteiger partial charge in [0, 0.05) is 56.6 Å². The summed E-state index contributed by atoms with van der Waals surface area (Å²) >= 11 is 0. The SMILES string of the molecule is CCOC(=O)C1=C(CN2CCN(C(=O)c3cccc(F)c3)CC2)N(C)C(=O)N[C@H]1c1ccccc1F. The smallest absolute Gasteiger partial charge is 0.338 e. The first-order valence-electron chi connectivity index (χ1n) is 11.8. The molecule has 0 aromatic heterocycles. The van der Waals surface area contributed by atoms with E-state index in [1.165, 1.54) is 41.3 Å². The summed E-state index contributed by atoms with van der Waals surface area (Å²) in [5.41, 5.74) is 1.04. The van der Waals surface area contributed by atoms with Crippen LogP contribution in [0.15, 0.2) is 59.8 Å². The van der Waals surface area contributed by atoms with Crippen LogP contribution in [-0.2, 0) is 9.53 Å². The Hall–Kier alpha value is -3.79. The molecule has 2 aliphatic heterocycles. The molecule has 0 radical (unpaired) electrons. The molecule has 190 valence electrons. The molecule has 3 amide bonds. The predicted octanol–water partition coefficient (Wildman–Crippen LogP) is 2.94. The molecule has 1 N–H and O–H groups in total. The Morgan fingerprint density at radius 1 is 1.06 bits per heavy atom. The number of rotatable bonds is 6. The summed E-state index contributed by atoms with van der Waals surface area (Å²) in [6, 6.07) is 10.1. The molecule has 0 bridgehead atoms. The molecule has 0 saturated carbocycles. The monoisotopic (exact) mass is 498 g/mol. The summed E-state index contributed by atoms with van der Waals surface area (Å²) in [5.74, 6) is -1.90. The maximum absolute atomic E-state index is 14.7. The van der Waals surface area contributed by atoms with Crippen LogP contribution in [0.3, 0.4) is 0 Å². The molecule has 2 aromatic carbocycles. The molecule has 4 rings (SSSR count). The van der Waals surface area contributed by atoms with E-state index >= 15 is 0 Å². The molecule has 1 fully saturated rings. The lowest BCUT2D eigenvalue weighted by Crippen LogP contribution is -2.53. The summed E-state index contributed by atoms with van der Waals surface area (Å²) in [7, 11) is 1.55. The van der Waals surface area contributed by atoms with Crippen molar-refractivity contribution in [2.45, 2.75) is 13.0 Å². The van der Waals surface area contributed by atoms with Crippen molar-refractivity contribution in [2.24, 2.45) is 0 Å². The minimum atomic E-state index is -1.00. The Bertz CT molecular complexity index is 1190. The van der Waals surface area contributed by atoms with Gasteiger partial charge >= 0.3 is 12.0 Å². The third kappa shape index (κ3) is 5.23. The summed E-state index contributed by atoms with van der Waals surface area (Å²) in [6.07, 6.45) is 0. The van der Waals surface area contributed by atoms with E-state index in [0.29, 0.717) is 31.9 Å².